The van der Waals surface area contributed by atoms with Crippen molar-refractivity contribution in [1.29, 1.82) is 0 Å². The van der Waals surface area contributed by atoms with Gasteiger partial charge in [-0.2, -0.15) is 0 Å². The van der Waals surface area contributed by atoms with Crippen molar-refractivity contribution in [1.82, 2.24) is 5.32 Å². The zero-order chi connectivity index (χ0) is 12.8. The van der Waals surface area contributed by atoms with Gasteiger partial charge < -0.3 is 10.1 Å². The Labute approximate surface area is 99.3 Å². The third kappa shape index (κ3) is 8.48. The van der Waals surface area contributed by atoms with Crippen LogP contribution < -0.4 is 5.32 Å². The minimum absolute atomic E-state index is 0.129. The largest absolute Gasteiger partial charge is 0.460 e. The van der Waals surface area contributed by atoms with Crippen LogP contribution in [-0.4, -0.2) is 23.7 Å². The number of hydrogen-bond acceptors (Lipinski definition) is 3. The molecule has 0 radical (unpaired) electrons. The number of nitrogens with one attached hydrogen (secondary N) is 1. The van der Waals surface area contributed by atoms with Crippen molar-refractivity contribution < 1.29 is 9.53 Å². The Morgan fingerprint density at radius 2 is 1.94 bits per heavy atom. The molecule has 0 amide bonds. The molecule has 0 bridgehead atoms. The molecule has 0 spiro atoms. The molecule has 0 aliphatic carbocycles. The summed E-state index contributed by atoms with van der Waals surface area (Å²) in [7, 11) is 0. The molecule has 0 aliphatic rings. The molecule has 0 aromatic carbocycles. The van der Waals surface area contributed by atoms with E-state index in [1.54, 1.807) is 0 Å². The summed E-state index contributed by atoms with van der Waals surface area (Å²) >= 11 is 0. The van der Waals surface area contributed by atoms with Gasteiger partial charge in [0.15, 0.2) is 0 Å². The number of esters is 1. The van der Waals surface area contributed by atoms with Gasteiger partial charge in [0, 0.05) is 12.1 Å². The highest BCUT2D eigenvalue weighted by Crippen LogP contribution is 2.09. The van der Waals surface area contributed by atoms with Crippen LogP contribution in [0.5, 0.6) is 0 Å². The lowest BCUT2D eigenvalue weighted by Crippen LogP contribution is -2.37. The van der Waals surface area contributed by atoms with Gasteiger partial charge in [-0.05, 0) is 41.0 Å². The van der Waals surface area contributed by atoms with Crippen LogP contribution in [0.1, 0.15) is 47.5 Å². The van der Waals surface area contributed by atoms with Crippen LogP contribution in [0.25, 0.3) is 0 Å². The van der Waals surface area contributed by atoms with Gasteiger partial charge in [0.2, 0.25) is 0 Å². The van der Waals surface area contributed by atoms with Crippen LogP contribution in [0.4, 0.5) is 0 Å². The molecule has 0 saturated heterocycles. The van der Waals surface area contributed by atoms with E-state index < -0.39 is 5.60 Å². The number of carbonyl (C=O) groups excluding carboxylic acids is 1. The SMILES string of the molecule is C=CCC(C)NC(C)CC(=O)OC(C)(C)C. The Bertz CT molecular complexity index is 231. The summed E-state index contributed by atoms with van der Waals surface area (Å²) in [5.41, 5.74) is -0.399. The predicted molar refractivity (Wildman–Crippen MR) is 67.3 cm³/mol. The predicted octanol–water partition coefficient (Wildman–Crippen LogP) is 2.66. The van der Waals surface area contributed by atoms with Crippen molar-refractivity contribution in [2.24, 2.45) is 0 Å². The second kappa shape index (κ2) is 6.69. The van der Waals surface area contributed by atoms with Crippen molar-refractivity contribution in [3.05, 3.63) is 12.7 Å². The lowest BCUT2D eigenvalue weighted by Gasteiger charge is -2.22. The number of rotatable bonds is 6. The Morgan fingerprint density at radius 1 is 1.38 bits per heavy atom. The molecule has 94 valence electrons. The minimum Gasteiger partial charge on any atom is -0.460 e. The summed E-state index contributed by atoms with van der Waals surface area (Å²) in [6.45, 7) is 13.4. The molecule has 3 heteroatoms. The van der Waals surface area contributed by atoms with E-state index in [4.69, 9.17) is 4.74 Å². The van der Waals surface area contributed by atoms with E-state index in [0.29, 0.717) is 12.5 Å². The molecule has 0 rings (SSSR count). The van der Waals surface area contributed by atoms with E-state index in [9.17, 15) is 4.79 Å². The molecule has 2 unspecified atom stereocenters. The van der Waals surface area contributed by atoms with Gasteiger partial charge in [-0.1, -0.05) is 6.08 Å². The normalized spacial score (nSPS) is 15.3. The molecular formula is C13H25NO2. The number of carbonyl (C=O) groups is 1. The molecule has 16 heavy (non-hydrogen) atoms. The van der Waals surface area contributed by atoms with E-state index >= 15 is 0 Å². The maximum absolute atomic E-state index is 11.5. The highest BCUT2D eigenvalue weighted by atomic mass is 16.6. The molecule has 0 heterocycles. The summed E-state index contributed by atoms with van der Waals surface area (Å²) < 4.78 is 5.25. The average Bonchev–Trinajstić information content (AvgIpc) is 1.98. The zero-order valence-corrected chi connectivity index (χ0v) is 11.2. The highest BCUT2D eigenvalue weighted by molar-refractivity contribution is 5.70. The summed E-state index contributed by atoms with van der Waals surface area (Å²) in [6.07, 6.45) is 3.18. The molecule has 0 aliphatic heterocycles. The van der Waals surface area contributed by atoms with Gasteiger partial charge in [-0.15, -0.1) is 6.58 Å². The number of hydrogen-bond donors (Lipinski definition) is 1. The Hall–Kier alpha value is -0.830. The Kier molecular flexibility index (Phi) is 6.34. The van der Waals surface area contributed by atoms with Crippen molar-refractivity contribution in [2.75, 3.05) is 0 Å². The molecule has 2 atom stereocenters. The quantitative estimate of drug-likeness (QED) is 0.560. The first kappa shape index (κ1) is 15.2. The van der Waals surface area contributed by atoms with Crippen LogP contribution in [0.15, 0.2) is 12.7 Å². The number of ether oxygens (including phenoxy) is 1. The highest BCUT2D eigenvalue weighted by Gasteiger charge is 2.18. The lowest BCUT2D eigenvalue weighted by molar-refractivity contribution is -0.155. The maximum atomic E-state index is 11.5. The summed E-state index contributed by atoms with van der Waals surface area (Å²) in [4.78, 5) is 11.5. The fraction of sp³-hybridized carbons (Fsp3) is 0.769. The van der Waals surface area contributed by atoms with Crippen molar-refractivity contribution >= 4 is 5.97 Å². The summed E-state index contributed by atoms with van der Waals surface area (Å²) in [5.74, 6) is -0.154. The van der Waals surface area contributed by atoms with Crippen molar-refractivity contribution in [3.8, 4) is 0 Å². The Morgan fingerprint density at radius 3 is 2.38 bits per heavy atom. The van der Waals surface area contributed by atoms with Gasteiger partial charge in [-0.3, -0.25) is 4.79 Å². The summed E-state index contributed by atoms with van der Waals surface area (Å²) in [6, 6.07) is 0.472. The fourth-order valence-electron chi connectivity index (χ4n) is 1.50. The van der Waals surface area contributed by atoms with E-state index in [2.05, 4.69) is 18.8 Å². The third-order valence-corrected chi connectivity index (χ3v) is 1.98. The second-order valence-electron chi connectivity index (χ2n) is 5.28. The van der Waals surface area contributed by atoms with Crippen LogP contribution in [-0.2, 0) is 9.53 Å². The van der Waals surface area contributed by atoms with Gasteiger partial charge in [0.1, 0.15) is 5.60 Å². The van der Waals surface area contributed by atoms with E-state index in [1.165, 1.54) is 0 Å². The standard InChI is InChI=1S/C13H25NO2/c1-7-8-10(2)14-11(3)9-12(15)16-13(4,5)6/h7,10-11,14H,1,8-9H2,2-6H3. The molecule has 0 saturated carbocycles. The monoisotopic (exact) mass is 227 g/mol. The van der Waals surface area contributed by atoms with Crippen molar-refractivity contribution in [2.45, 2.75) is 65.1 Å². The van der Waals surface area contributed by atoms with Crippen LogP contribution in [0.3, 0.4) is 0 Å². The fourth-order valence-corrected chi connectivity index (χ4v) is 1.50. The Balaban J connectivity index is 3.91. The van der Waals surface area contributed by atoms with Gasteiger partial charge in [0.25, 0.3) is 0 Å². The molecule has 0 aromatic heterocycles. The van der Waals surface area contributed by atoms with E-state index in [1.807, 2.05) is 33.8 Å². The smallest absolute Gasteiger partial charge is 0.307 e. The van der Waals surface area contributed by atoms with E-state index in [0.717, 1.165) is 6.42 Å². The van der Waals surface area contributed by atoms with Crippen molar-refractivity contribution in [3.63, 3.8) is 0 Å². The second-order valence-corrected chi connectivity index (χ2v) is 5.28. The van der Waals surface area contributed by atoms with Crippen LogP contribution in [0, 0.1) is 0 Å². The van der Waals surface area contributed by atoms with Gasteiger partial charge >= 0.3 is 5.97 Å². The maximum Gasteiger partial charge on any atom is 0.307 e. The zero-order valence-electron chi connectivity index (χ0n) is 11.2. The van der Waals surface area contributed by atoms with Crippen LogP contribution >= 0.6 is 0 Å². The van der Waals surface area contributed by atoms with Gasteiger partial charge in [0.05, 0.1) is 6.42 Å². The third-order valence-electron chi connectivity index (χ3n) is 1.98. The first-order valence-electron chi connectivity index (χ1n) is 5.83. The first-order valence-corrected chi connectivity index (χ1v) is 5.83. The molecule has 3 nitrogen and oxygen atoms in total. The van der Waals surface area contributed by atoms with Gasteiger partial charge in [-0.25, -0.2) is 0 Å². The minimum atomic E-state index is -0.399. The van der Waals surface area contributed by atoms with E-state index in [-0.39, 0.29) is 12.0 Å². The lowest BCUT2D eigenvalue weighted by atomic mass is 10.1. The first-order chi connectivity index (χ1) is 7.24. The molecular weight excluding hydrogens is 202 g/mol. The average molecular weight is 227 g/mol. The topological polar surface area (TPSA) is 38.3 Å². The molecule has 1 N–H and O–H groups in total. The molecule has 0 aromatic rings. The molecule has 0 fully saturated rings. The summed E-state index contributed by atoms with van der Waals surface area (Å²) in [5, 5.41) is 3.33. The van der Waals surface area contributed by atoms with Crippen LogP contribution in [0.2, 0.25) is 0 Å².